The van der Waals surface area contributed by atoms with Crippen molar-refractivity contribution in [2.45, 2.75) is 18.9 Å². The van der Waals surface area contributed by atoms with Crippen molar-refractivity contribution in [3.8, 4) is 5.75 Å². The molecule has 1 aliphatic heterocycles. The van der Waals surface area contributed by atoms with Crippen LogP contribution in [0.2, 0.25) is 0 Å². The van der Waals surface area contributed by atoms with E-state index in [0.29, 0.717) is 25.4 Å². The summed E-state index contributed by atoms with van der Waals surface area (Å²) in [6.45, 7) is 2.15. The van der Waals surface area contributed by atoms with E-state index in [4.69, 9.17) is 9.47 Å². The van der Waals surface area contributed by atoms with Crippen LogP contribution < -0.4 is 10.1 Å². The molecule has 0 aliphatic carbocycles. The molecule has 114 valence electrons. The standard InChI is InChI=1S/C15H19NO5/c1-15(14(18)19,10-21-12-5-3-2-4-6-12)16-13(17)11-7-8-20-9-11/h2-6,11H,7-10H2,1H3,(H,16,17)(H,18,19). The maximum absolute atomic E-state index is 12.1. The summed E-state index contributed by atoms with van der Waals surface area (Å²) in [6.07, 6.45) is 0.612. The van der Waals surface area contributed by atoms with Gasteiger partial charge in [0.25, 0.3) is 0 Å². The minimum Gasteiger partial charge on any atom is -0.491 e. The zero-order valence-corrected chi connectivity index (χ0v) is 11.9. The summed E-state index contributed by atoms with van der Waals surface area (Å²) >= 11 is 0. The van der Waals surface area contributed by atoms with Gasteiger partial charge in [-0.1, -0.05) is 18.2 Å². The Morgan fingerprint density at radius 2 is 2.14 bits per heavy atom. The molecule has 0 bridgehead atoms. The molecule has 1 aromatic carbocycles. The third-order valence-corrected chi connectivity index (χ3v) is 3.44. The van der Waals surface area contributed by atoms with Crippen molar-refractivity contribution in [1.29, 1.82) is 0 Å². The Morgan fingerprint density at radius 1 is 1.43 bits per heavy atom. The number of nitrogens with one attached hydrogen (secondary N) is 1. The molecule has 6 nitrogen and oxygen atoms in total. The lowest BCUT2D eigenvalue weighted by molar-refractivity contribution is -0.149. The average Bonchev–Trinajstić information content (AvgIpc) is 3.00. The number of hydrogen-bond donors (Lipinski definition) is 2. The largest absolute Gasteiger partial charge is 0.491 e. The van der Waals surface area contributed by atoms with Crippen molar-refractivity contribution in [1.82, 2.24) is 5.32 Å². The Hall–Kier alpha value is -2.08. The molecule has 1 saturated heterocycles. The third-order valence-electron chi connectivity index (χ3n) is 3.44. The highest BCUT2D eigenvalue weighted by Crippen LogP contribution is 2.16. The second-order valence-electron chi connectivity index (χ2n) is 5.29. The van der Waals surface area contributed by atoms with Crippen LogP contribution in [0.15, 0.2) is 30.3 Å². The molecule has 1 heterocycles. The van der Waals surface area contributed by atoms with Gasteiger partial charge >= 0.3 is 5.97 Å². The molecule has 2 rings (SSSR count). The highest BCUT2D eigenvalue weighted by molar-refractivity contribution is 5.88. The van der Waals surface area contributed by atoms with Crippen molar-refractivity contribution in [3.05, 3.63) is 30.3 Å². The van der Waals surface area contributed by atoms with Crippen LogP contribution in [-0.2, 0) is 14.3 Å². The molecule has 0 aromatic heterocycles. The number of ether oxygens (including phenoxy) is 2. The van der Waals surface area contributed by atoms with Crippen LogP contribution in [0.4, 0.5) is 0 Å². The Morgan fingerprint density at radius 3 is 2.71 bits per heavy atom. The smallest absolute Gasteiger partial charge is 0.332 e. The molecule has 6 heteroatoms. The number of benzene rings is 1. The van der Waals surface area contributed by atoms with Gasteiger partial charge < -0.3 is 19.9 Å². The molecular formula is C15H19NO5. The Bertz CT molecular complexity index is 498. The molecular weight excluding hydrogens is 274 g/mol. The summed E-state index contributed by atoms with van der Waals surface area (Å²) in [7, 11) is 0. The lowest BCUT2D eigenvalue weighted by atomic mass is 10.0. The first-order chi connectivity index (χ1) is 10.0. The number of carbonyl (C=O) groups excluding carboxylic acids is 1. The fourth-order valence-electron chi connectivity index (χ4n) is 2.01. The maximum Gasteiger partial charge on any atom is 0.332 e. The predicted molar refractivity (Wildman–Crippen MR) is 75.0 cm³/mol. The minimum absolute atomic E-state index is 0.147. The number of carboxylic acid groups (broad SMARTS) is 1. The number of carboxylic acids is 1. The molecule has 0 saturated carbocycles. The van der Waals surface area contributed by atoms with Gasteiger partial charge in [-0.15, -0.1) is 0 Å². The van der Waals surface area contributed by atoms with E-state index in [1.54, 1.807) is 24.3 Å². The van der Waals surface area contributed by atoms with E-state index in [1.165, 1.54) is 6.92 Å². The summed E-state index contributed by atoms with van der Waals surface area (Å²) in [5.74, 6) is -1.18. The lowest BCUT2D eigenvalue weighted by Gasteiger charge is -2.27. The van der Waals surface area contributed by atoms with Gasteiger partial charge in [0.1, 0.15) is 12.4 Å². The van der Waals surface area contributed by atoms with Gasteiger partial charge in [0.15, 0.2) is 5.54 Å². The van der Waals surface area contributed by atoms with E-state index < -0.39 is 11.5 Å². The van der Waals surface area contributed by atoms with Crippen LogP contribution in [0.5, 0.6) is 5.75 Å². The van der Waals surface area contributed by atoms with E-state index in [2.05, 4.69) is 5.32 Å². The van der Waals surface area contributed by atoms with E-state index in [0.717, 1.165) is 0 Å². The van der Waals surface area contributed by atoms with Gasteiger partial charge in [-0.3, -0.25) is 4.79 Å². The van der Waals surface area contributed by atoms with E-state index in [9.17, 15) is 14.7 Å². The highest BCUT2D eigenvalue weighted by Gasteiger charge is 2.38. The predicted octanol–water partition coefficient (Wildman–Crippen LogP) is 1.06. The third kappa shape index (κ3) is 3.95. The molecule has 1 amide bonds. The zero-order valence-electron chi connectivity index (χ0n) is 11.9. The van der Waals surface area contributed by atoms with Crippen molar-refractivity contribution < 1.29 is 24.2 Å². The number of carbonyl (C=O) groups is 2. The first-order valence-corrected chi connectivity index (χ1v) is 6.82. The van der Waals surface area contributed by atoms with Crippen LogP contribution in [-0.4, -0.2) is 42.3 Å². The van der Waals surface area contributed by atoms with Gasteiger partial charge in [-0.2, -0.15) is 0 Å². The van der Waals surface area contributed by atoms with E-state index in [1.807, 2.05) is 6.07 Å². The number of hydrogen-bond acceptors (Lipinski definition) is 4. The van der Waals surface area contributed by atoms with E-state index in [-0.39, 0.29) is 18.4 Å². The molecule has 1 fully saturated rings. The summed E-state index contributed by atoms with van der Waals surface area (Å²) in [5.41, 5.74) is -1.48. The van der Waals surface area contributed by atoms with Crippen LogP contribution in [0.3, 0.4) is 0 Å². The van der Waals surface area contributed by atoms with Crippen molar-refractivity contribution in [2.24, 2.45) is 5.92 Å². The summed E-state index contributed by atoms with van der Waals surface area (Å²) in [6, 6.07) is 8.89. The highest BCUT2D eigenvalue weighted by atomic mass is 16.5. The maximum atomic E-state index is 12.1. The molecule has 2 unspecified atom stereocenters. The van der Waals surface area contributed by atoms with Gasteiger partial charge in [0.05, 0.1) is 12.5 Å². The second kappa shape index (κ2) is 6.58. The average molecular weight is 293 g/mol. The Balaban J connectivity index is 1.98. The fraction of sp³-hybridized carbons (Fsp3) is 0.467. The van der Waals surface area contributed by atoms with E-state index >= 15 is 0 Å². The lowest BCUT2D eigenvalue weighted by Crippen LogP contribution is -2.57. The zero-order chi connectivity index (χ0) is 15.3. The number of rotatable bonds is 6. The first-order valence-electron chi connectivity index (χ1n) is 6.82. The van der Waals surface area contributed by atoms with Crippen LogP contribution in [0.1, 0.15) is 13.3 Å². The number of amides is 1. The molecule has 0 spiro atoms. The second-order valence-corrected chi connectivity index (χ2v) is 5.29. The number of aliphatic carboxylic acids is 1. The van der Waals surface area contributed by atoms with Crippen molar-refractivity contribution >= 4 is 11.9 Å². The normalized spacial score (nSPS) is 20.5. The van der Waals surface area contributed by atoms with Gasteiger partial charge in [0.2, 0.25) is 5.91 Å². The first kappa shape index (κ1) is 15.3. The summed E-state index contributed by atoms with van der Waals surface area (Å²) in [4.78, 5) is 23.5. The monoisotopic (exact) mass is 293 g/mol. The molecule has 0 radical (unpaired) electrons. The SMILES string of the molecule is CC(COc1ccccc1)(NC(=O)C1CCOC1)C(=O)O. The summed E-state index contributed by atoms with van der Waals surface area (Å²) < 4.78 is 10.6. The molecule has 1 aliphatic rings. The fourth-order valence-corrected chi connectivity index (χ4v) is 2.01. The molecule has 2 N–H and O–H groups in total. The van der Waals surface area contributed by atoms with Crippen molar-refractivity contribution in [3.63, 3.8) is 0 Å². The summed E-state index contributed by atoms with van der Waals surface area (Å²) in [5, 5.41) is 11.9. The Kier molecular flexibility index (Phi) is 4.80. The van der Waals surface area contributed by atoms with Gasteiger partial charge in [-0.25, -0.2) is 4.79 Å². The molecule has 21 heavy (non-hydrogen) atoms. The van der Waals surface area contributed by atoms with Crippen LogP contribution in [0, 0.1) is 5.92 Å². The topological polar surface area (TPSA) is 84.9 Å². The van der Waals surface area contributed by atoms with Crippen LogP contribution in [0.25, 0.3) is 0 Å². The number of para-hydroxylation sites is 1. The minimum atomic E-state index is -1.48. The van der Waals surface area contributed by atoms with Gasteiger partial charge in [0, 0.05) is 6.61 Å². The molecule has 2 atom stereocenters. The quantitative estimate of drug-likeness (QED) is 0.819. The Labute approximate surface area is 123 Å². The van der Waals surface area contributed by atoms with Crippen molar-refractivity contribution in [2.75, 3.05) is 19.8 Å². The van der Waals surface area contributed by atoms with Crippen LogP contribution >= 0.6 is 0 Å². The van der Waals surface area contributed by atoms with Gasteiger partial charge in [-0.05, 0) is 25.5 Å². The molecule has 1 aromatic rings.